The van der Waals surface area contributed by atoms with E-state index in [0.717, 1.165) is 6.07 Å². The minimum atomic E-state index is -5.00. The molecule has 16 heavy (non-hydrogen) atoms. The Kier molecular flexibility index (Phi) is 3.28. The van der Waals surface area contributed by atoms with Crippen molar-refractivity contribution in [2.75, 3.05) is 0 Å². The Morgan fingerprint density at radius 3 is 2.62 bits per heavy atom. The van der Waals surface area contributed by atoms with Crippen LogP contribution in [-0.4, -0.2) is 16.3 Å². The van der Waals surface area contributed by atoms with E-state index in [-0.39, 0.29) is 12.2 Å². The van der Waals surface area contributed by atoms with E-state index >= 15 is 0 Å². The first-order valence-electron chi connectivity index (χ1n) is 3.92. The first-order valence-corrected chi connectivity index (χ1v) is 3.92. The highest BCUT2D eigenvalue weighted by molar-refractivity contribution is 5.45. The maximum absolute atomic E-state index is 11.9. The van der Waals surface area contributed by atoms with E-state index in [1.165, 1.54) is 0 Å². The molecule has 0 aromatic carbocycles. The van der Waals surface area contributed by atoms with Crippen LogP contribution in [0.2, 0.25) is 0 Å². The fourth-order valence-corrected chi connectivity index (χ4v) is 0.932. The number of nitro groups is 1. The number of nitrogens with zero attached hydrogens (tertiary/aromatic N) is 2. The third-order valence-electron chi connectivity index (χ3n) is 1.53. The van der Waals surface area contributed by atoms with Gasteiger partial charge in [0.25, 0.3) is 0 Å². The van der Waals surface area contributed by atoms with Crippen molar-refractivity contribution in [3.05, 3.63) is 28.1 Å². The van der Waals surface area contributed by atoms with Gasteiger partial charge in [-0.2, -0.15) is 0 Å². The van der Waals surface area contributed by atoms with Crippen molar-refractivity contribution in [2.45, 2.75) is 12.9 Å². The van der Waals surface area contributed by atoms with Crippen LogP contribution in [0.3, 0.4) is 0 Å². The van der Waals surface area contributed by atoms with Gasteiger partial charge in [-0.3, -0.25) is 15.1 Å². The van der Waals surface area contributed by atoms with Crippen LogP contribution >= 0.6 is 0 Å². The molecule has 0 fully saturated rings. The topological polar surface area (TPSA) is 91.3 Å². The Morgan fingerprint density at radius 1 is 1.56 bits per heavy atom. The Balaban J connectivity index is 3.13. The van der Waals surface area contributed by atoms with E-state index in [1.807, 2.05) is 0 Å². The molecule has 0 aliphatic heterocycles. The van der Waals surface area contributed by atoms with Crippen LogP contribution in [0.1, 0.15) is 5.69 Å². The third kappa shape index (κ3) is 3.05. The highest BCUT2D eigenvalue weighted by Crippen LogP contribution is 2.31. The summed E-state index contributed by atoms with van der Waals surface area (Å²) >= 11 is 0. The molecular formula is C7H6F3N3O3. The number of nitrogens with two attached hydrogens (primary N) is 1. The average molecular weight is 237 g/mol. The van der Waals surface area contributed by atoms with Crippen molar-refractivity contribution < 1.29 is 22.8 Å². The number of ether oxygens (including phenoxy) is 1. The quantitative estimate of drug-likeness (QED) is 0.632. The number of halogens is 3. The minimum Gasteiger partial charge on any atom is -0.397 e. The summed E-state index contributed by atoms with van der Waals surface area (Å²) in [6.45, 7) is -0.118. The van der Waals surface area contributed by atoms with Crippen LogP contribution < -0.4 is 10.5 Å². The van der Waals surface area contributed by atoms with Crippen molar-refractivity contribution in [1.29, 1.82) is 0 Å². The molecule has 6 nitrogen and oxygen atoms in total. The van der Waals surface area contributed by atoms with Gasteiger partial charge in [-0.05, 0) is 0 Å². The normalized spacial score (nSPS) is 11.2. The lowest BCUT2D eigenvalue weighted by Gasteiger charge is -2.08. The summed E-state index contributed by atoms with van der Waals surface area (Å²) in [4.78, 5) is 12.9. The van der Waals surface area contributed by atoms with Crippen molar-refractivity contribution in [2.24, 2.45) is 5.73 Å². The van der Waals surface area contributed by atoms with Gasteiger partial charge in [0, 0.05) is 12.6 Å². The molecule has 0 saturated heterocycles. The maximum atomic E-state index is 11.9. The van der Waals surface area contributed by atoms with Gasteiger partial charge in [0.15, 0.2) is 0 Å². The fourth-order valence-electron chi connectivity index (χ4n) is 0.932. The number of pyridine rings is 1. The summed E-state index contributed by atoms with van der Waals surface area (Å²) in [5.41, 5.74) is 4.42. The monoisotopic (exact) mass is 237 g/mol. The van der Waals surface area contributed by atoms with Gasteiger partial charge in [0.2, 0.25) is 5.75 Å². The van der Waals surface area contributed by atoms with E-state index in [0.29, 0.717) is 6.20 Å². The molecule has 0 aliphatic rings. The smallest absolute Gasteiger partial charge is 0.397 e. The molecular weight excluding hydrogens is 231 g/mol. The molecule has 1 aromatic rings. The van der Waals surface area contributed by atoms with E-state index in [1.54, 1.807) is 0 Å². The fraction of sp³-hybridized carbons (Fsp3) is 0.286. The molecule has 9 heteroatoms. The van der Waals surface area contributed by atoms with E-state index in [2.05, 4.69) is 9.72 Å². The number of alkyl halides is 3. The van der Waals surface area contributed by atoms with Gasteiger partial charge in [-0.25, -0.2) is 0 Å². The highest BCUT2D eigenvalue weighted by atomic mass is 19.4. The van der Waals surface area contributed by atoms with Crippen LogP contribution in [0.25, 0.3) is 0 Å². The second-order valence-electron chi connectivity index (χ2n) is 2.65. The summed E-state index contributed by atoms with van der Waals surface area (Å²) in [5, 5.41) is 10.5. The summed E-state index contributed by atoms with van der Waals surface area (Å²) in [6.07, 6.45) is -4.38. The average Bonchev–Trinajstić information content (AvgIpc) is 2.15. The zero-order chi connectivity index (χ0) is 12.3. The number of hydrogen-bond acceptors (Lipinski definition) is 5. The van der Waals surface area contributed by atoms with Gasteiger partial charge >= 0.3 is 12.0 Å². The van der Waals surface area contributed by atoms with Crippen molar-refractivity contribution >= 4 is 5.69 Å². The molecule has 0 radical (unpaired) electrons. The maximum Gasteiger partial charge on any atom is 0.573 e. The molecule has 0 spiro atoms. The van der Waals surface area contributed by atoms with Crippen molar-refractivity contribution in [1.82, 2.24) is 4.98 Å². The largest absolute Gasteiger partial charge is 0.573 e. The molecule has 88 valence electrons. The molecule has 0 amide bonds. The molecule has 1 rings (SSSR count). The summed E-state index contributed by atoms with van der Waals surface area (Å²) in [5.74, 6) is -0.963. The van der Waals surface area contributed by atoms with Crippen LogP contribution in [0.15, 0.2) is 12.3 Å². The first kappa shape index (κ1) is 12.2. The minimum absolute atomic E-state index is 0.0984. The molecule has 1 aromatic heterocycles. The Hall–Kier alpha value is -1.90. The number of rotatable bonds is 3. The third-order valence-corrected chi connectivity index (χ3v) is 1.53. The second-order valence-corrected chi connectivity index (χ2v) is 2.65. The van der Waals surface area contributed by atoms with E-state index < -0.39 is 22.7 Å². The number of hydrogen-bond donors (Lipinski definition) is 1. The predicted molar refractivity (Wildman–Crippen MR) is 45.5 cm³/mol. The molecule has 0 aliphatic carbocycles. The van der Waals surface area contributed by atoms with Crippen molar-refractivity contribution in [3.8, 4) is 5.75 Å². The second kappa shape index (κ2) is 4.31. The summed E-state index contributed by atoms with van der Waals surface area (Å²) in [7, 11) is 0. The van der Waals surface area contributed by atoms with Gasteiger partial charge in [-0.15, -0.1) is 13.2 Å². The zero-order valence-electron chi connectivity index (χ0n) is 7.69. The standard InChI is InChI=1S/C7H6F3N3O3/c8-7(9,10)16-6-3-12-4(2-11)1-5(6)13(14)15/h1,3H,2,11H2. The van der Waals surface area contributed by atoms with Crippen LogP contribution in [-0.2, 0) is 6.54 Å². The SMILES string of the molecule is NCc1cc([N+](=O)[O-])c(OC(F)(F)F)cn1. The molecule has 0 saturated carbocycles. The van der Waals surface area contributed by atoms with Gasteiger partial charge in [-0.1, -0.05) is 0 Å². The zero-order valence-corrected chi connectivity index (χ0v) is 7.69. The Labute approximate surface area is 87.0 Å². The predicted octanol–water partition coefficient (Wildman–Crippen LogP) is 1.35. The van der Waals surface area contributed by atoms with Gasteiger partial charge in [0.1, 0.15) is 0 Å². The molecule has 2 N–H and O–H groups in total. The summed E-state index contributed by atoms with van der Waals surface area (Å²) < 4.78 is 39.1. The number of aromatic nitrogens is 1. The lowest BCUT2D eigenvalue weighted by molar-refractivity contribution is -0.388. The Morgan fingerprint density at radius 2 is 2.19 bits per heavy atom. The van der Waals surface area contributed by atoms with Crippen LogP contribution in [0.5, 0.6) is 5.75 Å². The molecule has 0 bridgehead atoms. The molecule has 1 heterocycles. The van der Waals surface area contributed by atoms with Gasteiger partial charge < -0.3 is 10.5 Å². The van der Waals surface area contributed by atoms with E-state index in [9.17, 15) is 23.3 Å². The Bertz CT molecular complexity index is 408. The van der Waals surface area contributed by atoms with Crippen LogP contribution in [0, 0.1) is 10.1 Å². The van der Waals surface area contributed by atoms with Crippen LogP contribution in [0.4, 0.5) is 18.9 Å². The molecule has 0 atom stereocenters. The lowest BCUT2D eigenvalue weighted by atomic mass is 10.3. The summed E-state index contributed by atoms with van der Waals surface area (Å²) in [6, 6.07) is 0.834. The molecule has 0 unspecified atom stereocenters. The lowest BCUT2D eigenvalue weighted by Crippen LogP contribution is -2.18. The highest BCUT2D eigenvalue weighted by Gasteiger charge is 2.34. The first-order chi connectivity index (χ1) is 7.33. The van der Waals surface area contributed by atoms with Gasteiger partial charge in [0.05, 0.1) is 16.8 Å². The van der Waals surface area contributed by atoms with Crippen molar-refractivity contribution in [3.63, 3.8) is 0 Å². The van der Waals surface area contributed by atoms with E-state index in [4.69, 9.17) is 5.73 Å².